The average Bonchev–Trinajstić information content (AvgIpc) is 2.53. The molecule has 7 heteroatoms. The zero-order chi connectivity index (χ0) is 18.7. The fourth-order valence-electron chi connectivity index (χ4n) is 3.21. The molecule has 3 N–H and O–H groups in total. The van der Waals surface area contributed by atoms with E-state index in [0.29, 0.717) is 25.9 Å². The first kappa shape index (κ1) is 19.9. The minimum Gasteiger partial charge on any atom is -0.349 e. The first-order valence-corrected chi connectivity index (χ1v) is 10.2. The van der Waals surface area contributed by atoms with Crippen molar-refractivity contribution in [3.63, 3.8) is 0 Å². The SMILES string of the molecule is CC(C)(C)CC(NC(=O)C1CCN(S(N)(=O)=O)CC1)c1ccccc1. The van der Waals surface area contributed by atoms with Gasteiger partial charge in [-0.3, -0.25) is 4.79 Å². The van der Waals surface area contributed by atoms with E-state index in [0.717, 1.165) is 12.0 Å². The van der Waals surface area contributed by atoms with Gasteiger partial charge < -0.3 is 5.32 Å². The fourth-order valence-corrected chi connectivity index (χ4v) is 3.93. The maximum atomic E-state index is 12.7. The molecule has 0 radical (unpaired) electrons. The second-order valence-electron chi connectivity index (χ2n) is 7.95. The van der Waals surface area contributed by atoms with Gasteiger partial charge in [-0.2, -0.15) is 12.7 Å². The molecule has 1 aromatic rings. The van der Waals surface area contributed by atoms with Gasteiger partial charge >= 0.3 is 0 Å². The Morgan fingerprint density at radius 3 is 2.28 bits per heavy atom. The van der Waals surface area contributed by atoms with Crippen LogP contribution in [-0.2, 0) is 15.0 Å². The van der Waals surface area contributed by atoms with Crippen LogP contribution in [0.25, 0.3) is 0 Å². The Bertz CT molecular complexity index is 675. The van der Waals surface area contributed by atoms with Crippen LogP contribution in [0.2, 0.25) is 0 Å². The molecule has 0 saturated carbocycles. The fraction of sp³-hybridized carbons (Fsp3) is 0.611. The number of benzene rings is 1. The summed E-state index contributed by atoms with van der Waals surface area (Å²) in [5, 5.41) is 8.33. The highest BCUT2D eigenvalue weighted by Gasteiger charge is 2.31. The van der Waals surface area contributed by atoms with Gasteiger partial charge in [0.1, 0.15) is 0 Å². The molecule has 1 aromatic carbocycles. The van der Waals surface area contributed by atoms with Crippen molar-refractivity contribution in [2.45, 2.75) is 46.1 Å². The lowest BCUT2D eigenvalue weighted by molar-refractivity contribution is -0.127. The van der Waals surface area contributed by atoms with Crippen molar-refractivity contribution in [3.05, 3.63) is 35.9 Å². The molecule has 1 heterocycles. The van der Waals surface area contributed by atoms with Crippen molar-refractivity contribution in [1.29, 1.82) is 0 Å². The number of amides is 1. The van der Waals surface area contributed by atoms with E-state index in [1.807, 2.05) is 30.3 Å². The summed E-state index contributed by atoms with van der Waals surface area (Å²) in [5.74, 6) is -0.184. The van der Waals surface area contributed by atoms with E-state index in [1.54, 1.807) is 0 Å². The summed E-state index contributed by atoms with van der Waals surface area (Å²) in [6.07, 6.45) is 1.83. The van der Waals surface area contributed by atoms with Crippen LogP contribution in [0.1, 0.15) is 51.6 Å². The number of nitrogens with zero attached hydrogens (tertiary/aromatic N) is 1. The van der Waals surface area contributed by atoms with Crippen molar-refractivity contribution < 1.29 is 13.2 Å². The zero-order valence-electron chi connectivity index (χ0n) is 15.2. The molecule has 140 valence electrons. The Morgan fingerprint density at radius 2 is 1.80 bits per heavy atom. The zero-order valence-corrected chi connectivity index (χ0v) is 16.1. The predicted molar refractivity (Wildman–Crippen MR) is 98.8 cm³/mol. The third kappa shape index (κ3) is 6.09. The molecular weight excluding hydrogens is 338 g/mol. The van der Waals surface area contributed by atoms with E-state index in [9.17, 15) is 13.2 Å². The van der Waals surface area contributed by atoms with Crippen LogP contribution in [0.15, 0.2) is 30.3 Å². The van der Waals surface area contributed by atoms with E-state index in [1.165, 1.54) is 4.31 Å². The first-order valence-electron chi connectivity index (χ1n) is 8.69. The van der Waals surface area contributed by atoms with Crippen LogP contribution in [0.4, 0.5) is 0 Å². The largest absolute Gasteiger partial charge is 0.349 e. The molecule has 6 nitrogen and oxygen atoms in total. The topological polar surface area (TPSA) is 92.5 Å². The molecule has 1 saturated heterocycles. The minimum absolute atomic E-state index is 0.00725. The number of carbonyl (C=O) groups excluding carboxylic acids is 1. The lowest BCUT2D eigenvalue weighted by Gasteiger charge is -2.32. The molecule has 1 unspecified atom stereocenters. The summed E-state index contributed by atoms with van der Waals surface area (Å²) >= 11 is 0. The van der Waals surface area contributed by atoms with E-state index >= 15 is 0 Å². The lowest BCUT2D eigenvalue weighted by Crippen LogP contribution is -2.46. The smallest absolute Gasteiger partial charge is 0.276 e. The Morgan fingerprint density at radius 1 is 1.24 bits per heavy atom. The molecule has 1 amide bonds. The van der Waals surface area contributed by atoms with E-state index in [2.05, 4.69) is 26.1 Å². The van der Waals surface area contributed by atoms with E-state index in [-0.39, 0.29) is 23.3 Å². The van der Waals surface area contributed by atoms with Crippen molar-refractivity contribution in [1.82, 2.24) is 9.62 Å². The van der Waals surface area contributed by atoms with Gasteiger partial charge in [-0.25, -0.2) is 5.14 Å². The highest BCUT2D eigenvalue weighted by Crippen LogP contribution is 2.30. The molecule has 25 heavy (non-hydrogen) atoms. The molecule has 0 aliphatic carbocycles. The van der Waals surface area contributed by atoms with Crippen molar-refractivity contribution in [2.75, 3.05) is 13.1 Å². The lowest BCUT2D eigenvalue weighted by atomic mass is 9.85. The van der Waals surface area contributed by atoms with Crippen LogP contribution >= 0.6 is 0 Å². The Hall–Kier alpha value is -1.44. The maximum absolute atomic E-state index is 12.7. The summed E-state index contributed by atoms with van der Waals surface area (Å²) in [6, 6.07) is 9.91. The van der Waals surface area contributed by atoms with E-state index < -0.39 is 10.2 Å². The summed E-state index contributed by atoms with van der Waals surface area (Å²) in [6.45, 7) is 7.05. The maximum Gasteiger partial charge on any atom is 0.276 e. The molecule has 2 rings (SSSR count). The number of nitrogens with one attached hydrogen (secondary N) is 1. The number of hydrogen-bond donors (Lipinski definition) is 2. The van der Waals surface area contributed by atoms with Gasteiger partial charge in [0.2, 0.25) is 5.91 Å². The number of hydrogen-bond acceptors (Lipinski definition) is 3. The normalized spacial score (nSPS) is 18.7. The molecule has 0 spiro atoms. The van der Waals surface area contributed by atoms with Gasteiger partial charge in [0.15, 0.2) is 0 Å². The highest BCUT2D eigenvalue weighted by atomic mass is 32.2. The van der Waals surface area contributed by atoms with Gasteiger partial charge in [-0.05, 0) is 30.2 Å². The monoisotopic (exact) mass is 367 g/mol. The second-order valence-corrected chi connectivity index (χ2v) is 9.50. The van der Waals surface area contributed by atoms with Gasteiger partial charge in [0.05, 0.1) is 6.04 Å². The number of nitrogens with two attached hydrogens (primary N) is 1. The van der Waals surface area contributed by atoms with Crippen molar-refractivity contribution in [3.8, 4) is 0 Å². The van der Waals surface area contributed by atoms with Gasteiger partial charge in [-0.15, -0.1) is 0 Å². The molecule has 1 atom stereocenters. The molecule has 1 fully saturated rings. The van der Waals surface area contributed by atoms with Crippen molar-refractivity contribution in [2.24, 2.45) is 16.5 Å². The standard InChI is InChI=1S/C18H29N3O3S/c1-18(2,3)13-16(14-7-5-4-6-8-14)20-17(22)15-9-11-21(12-10-15)25(19,23)24/h4-8,15-16H,9-13H2,1-3H3,(H,20,22)(H2,19,23,24). The highest BCUT2D eigenvalue weighted by molar-refractivity contribution is 7.86. The van der Waals surface area contributed by atoms with Crippen LogP contribution in [0, 0.1) is 11.3 Å². The van der Waals surface area contributed by atoms with Gasteiger partial charge in [0.25, 0.3) is 10.2 Å². The Labute approximate surface area is 151 Å². The number of carbonyl (C=O) groups is 1. The summed E-state index contributed by atoms with van der Waals surface area (Å²) in [4.78, 5) is 12.7. The number of rotatable bonds is 5. The van der Waals surface area contributed by atoms with Gasteiger partial charge in [-0.1, -0.05) is 51.1 Å². The molecule has 0 bridgehead atoms. The first-order chi connectivity index (χ1) is 11.6. The van der Waals surface area contributed by atoms with Crippen LogP contribution in [0.3, 0.4) is 0 Å². The van der Waals surface area contributed by atoms with Gasteiger partial charge in [0, 0.05) is 19.0 Å². The van der Waals surface area contributed by atoms with Crippen LogP contribution < -0.4 is 10.5 Å². The van der Waals surface area contributed by atoms with Crippen molar-refractivity contribution >= 4 is 16.1 Å². The summed E-state index contributed by atoms with van der Waals surface area (Å²) in [5.41, 5.74) is 1.16. The van der Waals surface area contributed by atoms with E-state index in [4.69, 9.17) is 5.14 Å². The summed E-state index contributed by atoms with van der Waals surface area (Å²) in [7, 11) is -3.66. The molecule has 0 aromatic heterocycles. The Balaban J connectivity index is 2.03. The minimum atomic E-state index is -3.66. The van der Waals surface area contributed by atoms with Crippen LogP contribution in [0.5, 0.6) is 0 Å². The number of piperidine rings is 1. The van der Waals surface area contributed by atoms with Crippen LogP contribution in [-0.4, -0.2) is 31.7 Å². The molecular formula is C18H29N3O3S. The predicted octanol–water partition coefficient (Wildman–Crippen LogP) is 2.20. The average molecular weight is 368 g/mol. The molecule has 1 aliphatic rings. The third-order valence-corrected chi connectivity index (χ3v) is 5.60. The second kappa shape index (κ2) is 7.85. The quantitative estimate of drug-likeness (QED) is 0.835. The Kier molecular flexibility index (Phi) is 6.24. The summed E-state index contributed by atoms with van der Waals surface area (Å²) < 4.78 is 24.0. The molecule has 1 aliphatic heterocycles. The third-order valence-electron chi connectivity index (χ3n) is 4.52.